The van der Waals surface area contributed by atoms with Gasteiger partial charge in [0.15, 0.2) is 5.96 Å². The average Bonchev–Trinajstić information content (AvgIpc) is 2.59. The van der Waals surface area contributed by atoms with E-state index < -0.39 is 5.41 Å². The molecule has 0 aromatic heterocycles. The predicted molar refractivity (Wildman–Crippen MR) is 112 cm³/mol. The minimum absolute atomic E-state index is 0. The lowest BCUT2D eigenvalue weighted by Gasteiger charge is -2.35. The van der Waals surface area contributed by atoms with E-state index in [9.17, 15) is 4.79 Å². The Morgan fingerprint density at radius 3 is 2.44 bits per heavy atom. The van der Waals surface area contributed by atoms with Crippen molar-refractivity contribution >= 4 is 35.8 Å². The number of piperidine rings is 1. The fourth-order valence-electron chi connectivity index (χ4n) is 2.74. The van der Waals surface area contributed by atoms with E-state index >= 15 is 0 Å². The summed E-state index contributed by atoms with van der Waals surface area (Å²) in [4.78, 5) is 18.5. The fourth-order valence-corrected chi connectivity index (χ4v) is 2.74. The van der Waals surface area contributed by atoms with E-state index in [4.69, 9.17) is 9.47 Å². The second kappa shape index (κ2) is 12.7. The Kier molecular flexibility index (Phi) is 12.4. The highest BCUT2D eigenvalue weighted by molar-refractivity contribution is 14.0. The molecule has 148 valence electrons. The van der Waals surface area contributed by atoms with Crippen LogP contribution >= 0.6 is 24.0 Å². The minimum Gasteiger partial charge on any atom is -0.385 e. The lowest BCUT2D eigenvalue weighted by atomic mass is 9.92. The molecule has 0 spiro atoms. The monoisotopic (exact) mass is 470 g/mol. The van der Waals surface area contributed by atoms with Crippen LogP contribution in [0.3, 0.4) is 0 Å². The van der Waals surface area contributed by atoms with Gasteiger partial charge < -0.3 is 25.0 Å². The Bertz CT molecular complexity index is 411. The van der Waals surface area contributed by atoms with Crippen molar-refractivity contribution in [3.05, 3.63) is 0 Å². The number of carbonyl (C=O) groups is 1. The average molecular weight is 470 g/mol. The summed E-state index contributed by atoms with van der Waals surface area (Å²) in [6, 6.07) is 0. The number of hydrogen-bond donors (Lipinski definition) is 2. The van der Waals surface area contributed by atoms with Gasteiger partial charge in [-0.25, -0.2) is 0 Å². The summed E-state index contributed by atoms with van der Waals surface area (Å²) in [6.45, 7) is 7.72. The highest BCUT2D eigenvalue weighted by Gasteiger charge is 2.28. The SMILES string of the molecule is CN=C(NCC(C)(C)C(=O)NC)N1CCC(OCCCOC)CC1.I. The van der Waals surface area contributed by atoms with Gasteiger partial charge >= 0.3 is 0 Å². The summed E-state index contributed by atoms with van der Waals surface area (Å²) in [6.07, 6.45) is 3.24. The first-order chi connectivity index (χ1) is 11.4. The van der Waals surface area contributed by atoms with Crippen molar-refractivity contribution in [1.29, 1.82) is 0 Å². The summed E-state index contributed by atoms with van der Waals surface area (Å²) in [5, 5.41) is 6.03. The van der Waals surface area contributed by atoms with Gasteiger partial charge in [0.25, 0.3) is 0 Å². The normalized spacial score (nSPS) is 16.4. The molecule has 2 N–H and O–H groups in total. The molecule has 25 heavy (non-hydrogen) atoms. The molecule has 0 bridgehead atoms. The Hall–Kier alpha value is -0.610. The van der Waals surface area contributed by atoms with Gasteiger partial charge in [0.05, 0.1) is 11.5 Å². The molecule has 1 rings (SSSR count). The maximum atomic E-state index is 11.9. The molecule has 0 aromatic rings. The topological polar surface area (TPSA) is 75.2 Å². The van der Waals surface area contributed by atoms with Crippen LogP contribution in [0.4, 0.5) is 0 Å². The third-order valence-corrected chi connectivity index (χ3v) is 4.33. The third kappa shape index (κ3) is 8.54. The van der Waals surface area contributed by atoms with Gasteiger partial charge in [-0.1, -0.05) is 0 Å². The molecule has 1 saturated heterocycles. The number of aliphatic imine (C=N–C) groups is 1. The Morgan fingerprint density at radius 2 is 1.92 bits per heavy atom. The van der Waals surface area contributed by atoms with Gasteiger partial charge in [-0.3, -0.25) is 9.79 Å². The number of ether oxygens (including phenoxy) is 2. The number of methoxy groups -OCH3 is 1. The van der Waals surface area contributed by atoms with Crippen molar-refractivity contribution in [3.8, 4) is 0 Å². The number of halogens is 1. The summed E-state index contributed by atoms with van der Waals surface area (Å²) >= 11 is 0. The van der Waals surface area contributed by atoms with Gasteiger partial charge in [-0.15, -0.1) is 24.0 Å². The maximum Gasteiger partial charge on any atom is 0.227 e. The first kappa shape index (κ1) is 24.4. The fraction of sp³-hybridized carbons (Fsp3) is 0.882. The molecule has 1 heterocycles. The van der Waals surface area contributed by atoms with E-state index in [-0.39, 0.29) is 29.9 Å². The van der Waals surface area contributed by atoms with Crippen molar-refractivity contribution in [2.24, 2.45) is 10.4 Å². The standard InChI is InChI=1S/C17H34N4O3.HI/c1-17(2,15(22)18-3)13-20-16(19-4)21-9-7-14(8-10-21)24-12-6-11-23-5;/h14H,6-13H2,1-5H3,(H,18,22)(H,19,20);1H. The number of amides is 1. The zero-order valence-electron chi connectivity index (χ0n) is 16.3. The van der Waals surface area contributed by atoms with Crippen molar-refractivity contribution in [1.82, 2.24) is 15.5 Å². The molecule has 1 fully saturated rings. The molecule has 0 saturated carbocycles. The number of guanidine groups is 1. The smallest absolute Gasteiger partial charge is 0.227 e. The molecule has 0 aliphatic carbocycles. The van der Waals surface area contributed by atoms with Crippen molar-refractivity contribution < 1.29 is 14.3 Å². The number of carbonyl (C=O) groups excluding carboxylic acids is 1. The lowest BCUT2D eigenvalue weighted by molar-refractivity contribution is -0.128. The number of nitrogens with one attached hydrogen (secondary N) is 2. The molecule has 0 unspecified atom stereocenters. The molecule has 1 aliphatic rings. The lowest BCUT2D eigenvalue weighted by Crippen LogP contribution is -2.51. The van der Waals surface area contributed by atoms with E-state index in [1.54, 1.807) is 21.2 Å². The van der Waals surface area contributed by atoms with Crippen LogP contribution in [-0.2, 0) is 14.3 Å². The second-order valence-corrected chi connectivity index (χ2v) is 6.77. The molecule has 0 radical (unpaired) electrons. The van der Waals surface area contributed by atoms with Crippen LogP contribution in [-0.4, -0.2) is 76.9 Å². The van der Waals surface area contributed by atoms with E-state index in [0.29, 0.717) is 12.6 Å². The molecule has 8 heteroatoms. The first-order valence-corrected chi connectivity index (χ1v) is 8.73. The molecule has 0 aromatic carbocycles. The highest BCUT2D eigenvalue weighted by atomic mass is 127. The number of hydrogen-bond acceptors (Lipinski definition) is 4. The summed E-state index contributed by atoms with van der Waals surface area (Å²) in [7, 11) is 5.15. The molecule has 1 aliphatic heterocycles. The van der Waals surface area contributed by atoms with Gasteiger partial charge in [-0.05, 0) is 33.1 Å². The molecule has 7 nitrogen and oxygen atoms in total. The largest absolute Gasteiger partial charge is 0.385 e. The minimum atomic E-state index is -0.479. The quantitative estimate of drug-likeness (QED) is 0.243. The van der Waals surface area contributed by atoms with E-state index in [0.717, 1.165) is 51.5 Å². The van der Waals surface area contributed by atoms with Gasteiger partial charge in [-0.2, -0.15) is 0 Å². The van der Waals surface area contributed by atoms with Crippen LogP contribution in [0.2, 0.25) is 0 Å². The molecular weight excluding hydrogens is 435 g/mol. The Morgan fingerprint density at radius 1 is 1.28 bits per heavy atom. The molecular formula is C17H35IN4O3. The van der Waals surface area contributed by atoms with Crippen molar-refractivity contribution in [2.75, 3.05) is 54.1 Å². The maximum absolute atomic E-state index is 11.9. The Labute approximate surface area is 169 Å². The summed E-state index contributed by atoms with van der Waals surface area (Å²) in [5.74, 6) is 0.874. The first-order valence-electron chi connectivity index (χ1n) is 8.73. The van der Waals surface area contributed by atoms with Crippen molar-refractivity contribution in [3.63, 3.8) is 0 Å². The molecule has 0 atom stereocenters. The van der Waals surface area contributed by atoms with Crippen LogP contribution < -0.4 is 10.6 Å². The zero-order valence-corrected chi connectivity index (χ0v) is 18.6. The van der Waals surface area contributed by atoms with E-state index in [1.807, 2.05) is 13.8 Å². The van der Waals surface area contributed by atoms with Gasteiger partial charge in [0, 0.05) is 54.1 Å². The highest BCUT2D eigenvalue weighted by Crippen LogP contribution is 2.16. The zero-order chi connectivity index (χ0) is 18.0. The van der Waals surface area contributed by atoms with Crippen LogP contribution in [0.1, 0.15) is 33.1 Å². The van der Waals surface area contributed by atoms with Crippen LogP contribution in [0.5, 0.6) is 0 Å². The number of rotatable bonds is 8. The second-order valence-electron chi connectivity index (χ2n) is 6.77. The predicted octanol–water partition coefficient (Wildman–Crippen LogP) is 1.47. The van der Waals surface area contributed by atoms with Crippen molar-refractivity contribution in [2.45, 2.75) is 39.2 Å². The third-order valence-electron chi connectivity index (χ3n) is 4.33. The summed E-state index contributed by atoms with van der Waals surface area (Å²) in [5.41, 5.74) is -0.479. The summed E-state index contributed by atoms with van der Waals surface area (Å²) < 4.78 is 10.9. The van der Waals surface area contributed by atoms with Gasteiger partial charge in [0.1, 0.15) is 0 Å². The van der Waals surface area contributed by atoms with Crippen LogP contribution in [0.15, 0.2) is 4.99 Å². The molecule has 1 amide bonds. The van der Waals surface area contributed by atoms with Gasteiger partial charge in [0.2, 0.25) is 5.91 Å². The number of nitrogens with zero attached hydrogens (tertiary/aromatic N) is 2. The van der Waals surface area contributed by atoms with Crippen LogP contribution in [0.25, 0.3) is 0 Å². The van der Waals surface area contributed by atoms with Crippen LogP contribution in [0, 0.1) is 5.41 Å². The Balaban J connectivity index is 0.00000576. The van der Waals surface area contributed by atoms with E-state index in [1.165, 1.54) is 0 Å². The van der Waals surface area contributed by atoms with E-state index in [2.05, 4.69) is 20.5 Å². The number of likely N-dealkylation sites (tertiary alicyclic amines) is 1.